The van der Waals surface area contributed by atoms with Crippen molar-refractivity contribution in [3.8, 4) is 0 Å². The van der Waals surface area contributed by atoms with Gasteiger partial charge in [-0.05, 0) is 28.1 Å². The van der Waals surface area contributed by atoms with Crippen molar-refractivity contribution in [1.29, 1.82) is 0 Å². The maximum absolute atomic E-state index is 4.54. The van der Waals surface area contributed by atoms with Gasteiger partial charge in [0.2, 0.25) is 5.95 Å². The van der Waals surface area contributed by atoms with Gasteiger partial charge in [0.05, 0.1) is 4.47 Å². The van der Waals surface area contributed by atoms with Crippen LogP contribution >= 0.6 is 15.9 Å². The summed E-state index contributed by atoms with van der Waals surface area (Å²) in [4.78, 5) is 8.86. The smallest absolute Gasteiger partial charge is 0.224 e. The average Bonchev–Trinajstić information content (AvgIpc) is 3.20. The second-order valence-corrected chi connectivity index (χ2v) is 8.07. The van der Waals surface area contributed by atoms with Crippen LogP contribution in [0.15, 0.2) is 35.1 Å². The lowest BCUT2D eigenvalue weighted by Gasteiger charge is -2.14. The van der Waals surface area contributed by atoms with E-state index in [1.807, 2.05) is 25.4 Å². The zero-order valence-electron chi connectivity index (χ0n) is 15.5. The molecule has 0 amide bonds. The third-order valence-electron chi connectivity index (χ3n) is 4.09. The zero-order chi connectivity index (χ0) is 18.7. The van der Waals surface area contributed by atoms with Gasteiger partial charge in [0.25, 0.3) is 0 Å². The topological polar surface area (TPSA) is 83.5 Å². The van der Waals surface area contributed by atoms with Crippen LogP contribution < -0.4 is 10.6 Å². The molecule has 3 rings (SSSR count). The highest BCUT2D eigenvalue weighted by atomic mass is 79.9. The molecule has 0 spiro atoms. The van der Waals surface area contributed by atoms with Gasteiger partial charge in [0, 0.05) is 55.3 Å². The molecule has 0 saturated heterocycles. The second kappa shape index (κ2) is 7.49. The van der Waals surface area contributed by atoms with Crippen molar-refractivity contribution in [2.45, 2.75) is 32.6 Å². The van der Waals surface area contributed by atoms with Crippen molar-refractivity contribution in [3.05, 3.63) is 46.5 Å². The minimum atomic E-state index is 0.0134. The quantitative estimate of drug-likeness (QED) is 0.564. The molecule has 3 aromatic rings. The van der Waals surface area contributed by atoms with E-state index in [-0.39, 0.29) is 5.41 Å². The molecule has 0 atom stereocenters. The van der Waals surface area contributed by atoms with Crippen LogP contribution in [0.4, 0.5) is 17.6 Å². The van der Waals surface area contributed by atoms with Gasteiger partial charge in [-0.3, -0.25) is 5.10 Å². The monoisotopic (exact) mass is 417 g/mol. The summed E-state index contributed by atoms with van der Waals surface area (Å²) in [6.45, 7) is 7.18. The van der Waals surface area contributed by atoms with Crippen LogP contribution in [0.2, 0.25) is 0 Å². The number of rotatable bonds is 6. The zero-order valence-corrected chi connectivity index (χ0v) is 17.1. The Morgan fingerprint density at radius 2 is 2.12 bits per heavy atom. The van der Waals surface area contributed by atoms with Crippen LogP contribution in [0.5, 0.6) is 0 Å². The molecular weight excluding hydrogens is 394 g/mol. The summed E-state index contributed by atoms with van der Waals surface area (Å²) in [5.41, 5.74) is 2.34. The Kier molecular flexibility index (Phi) is 5.31. The van der Waals surface area contributed by atoms with Crippen molar-refractivity contribution >= 4 is 33.5 Å². The number of aromatic nitrogens is 5. The highest BCUT2D eigenvalue weighted by molar-refractivity contribution is 9.10. The first-order valence-electron chi connectivity index (χ1n) is 8.52. The Hall–Kier alpha value is -2.35. The minimum absolute atomic E-state index is 0.0134. The molecule has 26 heavy (non-hydrogen) atoms. The van der Waals surface area contributed by atoms with Gasteiger partial charge >= 0.3 is 0 Å². The van der Waals surface area contributed by atoms with E-state index in [0.29, 0.717) is 11.8 Å². The van der Waals surface area contributed by atoms with E-state index in [2.05, 4.69) is 78.1 Å². The summed E-state index contributed by atoms with van der Waals surface area (Å²) in [6, 6.07) is 6.15. The molecule has 0 bridgehead atoms. The van der Waals surface area contributed by atoms with Gasteiger partial charge in [-0.15, -0.1) is 0 Å². The molecule has 0 aliphatic carbocycles. The third-order valence-corrected chi connectivity index (χ3v) is 4.67. The summed E-state index contributed by atoms with van der Waals surface area (Å²) in [5.74, 6) is 1.98. The average molecular weight is 418 g/mol. The van der Waals surface area contributed by atoms with E-state index in [9.17, 15) is 0 Å². The Morgan fingerprint density at radius 1 is 1.31 bits per heavy atom. The van der Waals surface area contributed by atoms with Crippen molar-refractivity contribution in [2.24, 2.45) is 7.05 Å². The second-order valence-electron chi connectivity index (χ2n) is 7.22. The number of hydrogen-bond acceptors (Lipinski definition) is 5. The van der Waals surface area contributed by atoms with Crippen LogP contribution in [0.25, 0.3) is 0 Å². The van der Waals surface area contributed by atoms with Crippen LogP contribution in [-0.4, -0.2) is 31.3 Å². The fourth-order valence-electron chi connectivity index (χ4n) is 2.49. The molecule has 0 fully saturated rings. The minimum Gasteiger partial charge on any atom is -0.354 e. The highest BCUT2D eigenvalue weighted by Crippen LogP contribution is 2.26. The number of hydrogen-bond donors (Lipinski definition) is 3. The van der Waals surface area contributed by atoms with Gasteiger partial charge in [-0.1, -0.05) is 20.8 Å². The Labute approximate surface area is 161 Å². The Balaban J connectivity index is 1.65. The number of anilines is 3. The number of aromatic amines is 1. The molecule has 0 unspecified atom stereocenters. The van der Waals surface area contributed by atoms with E-state index < -0.39 is 0 Å². The van der Waals surface area contributed by atoms with Crippen molar-refractivity contribution in [3.63, 3.8) is 0 Å². The molecule has 0 aliphatic heterocycles. The molecule has 3 heterocycles. The standard InChI is InChI=1S/C18H24BrN7/c1-18(2,3)14-10-15(25-24-14)22-16-13(19)11-21-17(23-16)20-8-7-12-6-5-9-26(12)4/h5-6,9-11H,7-8H2,1-4H3,(H3,20,21,22,23,24,25). The van der Waals surface area contributed by atoms with Gasteiger partial charge in [-0.25, -0.2) is 4.98 Å². The van der Waals surface area contributed by atoms with Crippen LogP contribution in [0.3, 0.4) is 0 Å². The summed E-state index contributed by atoms with van der Waals surface area (Å²) in [6.07, 6.45) is 4.68. The van der Waals surface area contributed by atoms with Crippen LogP contribution in [0, 0.1) is 0 Å². The summed E-state index contributed by atoms with van der Waals surface area (Å²) >= 11 is 3.49. The first kappa shape index (κ1) is 18.4. The first-order chi connectivity index (χ1) is 12.3. The Morgan fingerprint density at radius 3 is 2.77 bits per heavy atom. The first-order valence-corrected chi connectivity index (χ1v) is 9.32. The van der Waals surface area contributed by atoms with Crippen molar-refractivity contribution in [2.75, 3.05) is 17.2 Å². The van der Waals surface area contributed by atoms with E-state index in [0.717, 1.165) is 29.0 Å². The lowest BCUT2D eigenvalue weighted by molar-refractivity contribution is 0.567. The molecule has 7 nitrogen and oxygen atoms in total. The van der Waals surface area contributed by atoms with E-state index in [4.69, 9.17) is 0 Å². The fourth-order valence-corrected chi connectivity index (χ4v) is 2.78. The number of nitrogens with zero attached hydrogens (tertiary/aromatic N) is 4. The maximum atomic E-state index is 4.54. The van der Waals surface area contributed by atoms with Gasteiger partial charge in [0.1, 0.15) is 0 Å². The number of H-pyrrole nitrogens is 1. The van der Waals surface area contributed by atoms with E-state index in [1.165, 1.54) is 5.69 Å². The van der Waals surface area contributed by atoms with Crippen LogP contribution in [-0.2, 0) is 18.9 Å². The van der Waals surface area contributed by atoms with Gasteiger partial charge in [-0.2, -0.15) is 10.1 Å². The predicted octanol–water partition coefficient (Wildman–Crippen LogP) is 4.00. The highest BCUT2D eigenvalue weighted by Gasteiger charge is 2.17. The van der Waals surface area contributed by atoms with Gasteiger partial charge in [0.15, 0.2) is 11.6 Å². The van der Waals surface area contributed by atoms with Crippen molar-refractivity contribution in [1.82, 2.24) is 24.7 Å². The number of halogens is 1. The predicted molar refractivity (Wildman–Crippen MR) is 108 cm³/mol. The maximum Gasteiger partial charge on any atom is 0.224 e. The lowest BCUT2D eigenvalue weighted by atomic mass is 9.92. The molecule has 0 aromatic carbocycles. The molecule has 0 aliphatic rings. The molecule has 3 N–H and O–H groups in total. The number of nitrogens with one attached hydrogen (secondary N) is 3. The van der Waals surface area contributed by atoms with Crippen LogP contribution in [0.1, 0.15) is 32.2 Å². The SMILES string of the molecule is Cn1cccc1CCNc1ncc(Br)c(Nc2cc(C(C)(C)C)[nH]n2)n1. The molecule has 0 saturated carbocycles. The number of aryl methyl sites for hydroxylation is 1. The molecule has 0 radical (unpaired) electrons. The van der Waals surface area contributed by atoms with Crippen molar-refractivity contribution < 1.29 is 0 Å². The largest absolute Gasteiger partial charge is 0.354 e. The molecule has 138 valence electrons. The molecular formula is C18H24BrN7. The molecule has 8 heteroatoms. The van der Waals surface area contributed by atoms with E-state index in [1.54, 1.807) is 6.20 Å². The summed E-state index contributed by atoms with van der Waals surface area (Å²) in [7, 11) is 2.04. The van der Waals surface area contributed by atoms with Gasteiger partial charge < -0.3 is 15.2 Å². The lowest BCUT2D eigenvalue weighted by Crippen LogP contribution is -2.11. The fraction of sp³-hybridized carbons (Fsp3) is 0.389. The van der Waals surface area contributed by atoms with E-state index >= 15 is 0 Å². The summed E-state index contributed by atoms with van der Waals surface area (Å²) < 4.78 is 2.90. The summed E-state index contributed by atoms with van der Waals surface area (Å²) in [5, 5.41) is 13.9. The normalized spacial score (nSPS) is 11.6. The molecule has 3 aromatic heterocycles. The third kappa shape index (κ3) is 4.43. The Bertz CT molecular complexity index is 876.